The Kier molecular flexibility index (Phi) is 8.22. The zero-order valence-corrected chi connectivity index (χ0v) is 13.7. The van der Waals surface area contributed by atoms with Crippen molar-refractivity contribution in [3.05, 3.63) is 29.8 Å². The van der Waals surface area contributed by atoms with Crippen molar-refractivity contribution >= 4 is 11.8 Å². The Labute approximate surface area is 127 Å². The first-order valence-electron chi connectivity index (χ1n) is 7.28. The summed E-state index contributed by atoms with van der Waals surface area (Å²) in [5, 5.41) is 13.2. The Morgan fingerprint density at radius 1 is 1.20 bits per heavy atom. The van der Waals surface area contributed by atoms with Crippen molar-refractivity contribution in [2.45, 2.75) is 50.8 Å². The van der Waals surface area contributed by atoms with Gasteiger partial charge in [-0.3, -0.25) is 0 Å². The van der Waals surface area contributed by atoms with Crippen molar-refractivity contribution in [1.82, 2.24) is 5.32 Å². The first-order valence-corrected chi connectivity index (χ1v) is 8.27. The highest BCUT2D eigenvalue weighted by Crippen LogP contribution is 2.21. The van der Waals surface area contributed by atoms with Crippen LogP contribution in [0.4, 0.5) is 0 Å². The molecule has 114 valence electrons. The smallest absolute Gasteiger partial charge is 0.0867 e. The van der Waals surface area contributed by atoms with Gasteiger partial charge in [0.25, 0.3) is 0 Å². The quantitative estimate of drug-likeness (QED) is 0.687. The minimum absolute atomic E-state index is 0.168. The Bertz CT molecular complexity index is 367. The summed E-state index contributed by atoms with van der Waals surface area (Å²) in [5.41, 5.74) is 1.29. The third-order valence-electron chi connectivity index (χ3n) is 2.95. The largest absolute Gasteiger partial charge is 0.390 e. The fourth-order valence-electron chi connectivity index (χ4n) is 1.82. The number of rotatable bonds is 9. The molecule has 20 heavy (non-hydrogen) atoms. The molecule has 1 aromatic carbocycles. The molecular formula is C16H27NO2S. The molecule has 0 heterocycles. The highest BCUT2D eigenvalue weighted by molar-refractivity contribution is 7.99. The molecule has 0 fully saturated rings. The van der Waals surface area contributed by atoms with E-state index in [4.69, 9.17) is 4.74 Å². The Morgan fingerprint density at radius 2 is 1.85 bits per heavy atom. The molecule has 2 atom stereocenters. The zero-order chi connectivity index (χ0) is 15.0. The normalized spacial score (nSPS) is 14.5. The summed E-state index contributed by atoms with van der Waals surface area (Å²) in [7, 11) is 0. The number of aliphatic hydroxyl groups excluding tert-OH is 1. The maximum Gasteiger partial charge on any atom is 0.0867 e. The number of hydrogen-bond acceptors (Lipinski definition) is 4. The number of benzene rings is 1. The maximum absolute atomic E-state index is 9.82. The maximum atomic E-state index is 9.82. The molecule has 0 aromatic heterocycles. The van der Waals surface area contributed by atoms with Crippen molar-refractivity contribution in [2.24, 2.45) is 0 Å². The average molecular weight is 297 g/mol. The number of aliphatic hydroxyl groups is 1. The van der Waals surface area contributed by atoms with Crippen molar-refractivity contribution in [3.63, 3.8) is 0 Å². The molecule has 0 bridgehead atoms. The van der Waals surface area contributed by atoms with E-state index in [9.17, 15) is 5.11 Å². The molecule has 0 aliphatic carbocycles. The monoisotopic (exact) mass is 297 g/mol. The van der Waals surface area contributed by atoms with Crippen LogP contribution in [0.1, 0.15) is 39.3 Å². The molecule has 0 aliphatic heterocycles. The lowest BCUT2D eigenvalue weighted by molar-refractivity contribution is 0.0152. The molecule has 0 saturated heterocycles. The van der Waals surface area contributed by atoms with E-state index in [1.54, 1.807) is 11.8 Å². The lowest BCUT2D eigenvalue weighted by Gasteiger charge is -2.14. The number of nitrogens with one attached hydrogen (secondary N) is 1. The van der Waals surface area contributed by atoms with Gasteiger partial charge in [0.05, 0.1) is 18.8 Å². The van der Waals surface area contributed by atoms with Gasteiger partial charge in [-0.15, -0.1) is 11.8 Å². The SMILES string of the molecule is CCNC(C)c1ccc(SCC(O)COC(C)C)cc1. The van der Waals surface area contributed by atoms with Gasteiger partial charge in [-0.25, -0.2) is 0 Å². The third-order valence-corrected chi connectivity index (χ3v) is 4.11. The summed E-state index contributed by atoms with van der Waals surface area (Å²) in [4.78, 5) is 1.18. The summed E-state index contributed by atoms with van der Waals surface area (Å²) < 4.78 is 5.40. The van der Waals surface area contributed by atoms with Crippen LogP contribution >= 0.6 is 11.8 Å². The van der Waals surface area contributed by atoms with Crippen LogP contribution in [-0.2, 0) is 4.74 Å². The van der Waals surface area contributed by atoms with Crippen molar-refractivity contribution in [2.75, 3.05) is 18.9 Å². The molecule has 2 unspecified atom stereocenters. The minimum Gasteiger partial charge on any atom is -0.390 e. The summed E-state index contributed by atoms with van der Waals surface area (Å²) >= 11 is 1.66. The van der Waals surface area contributed by atoms with E-state index in [1.807, 2.05) is 13.8 Å². The highest BCUT2D eigenvalue weighted by Gasteiger charge is 2.07. The van der Waals surface area contributed by atoms with E-state index in [-0.39, 0.29) is 6.10 Å². The summed E-state index contributed by atoms with van der Waals surface area (Å²) in [5.74, 6) is 0.662. The van der Waals surface area contributed by atoms with Gasteiger partial charge in [0, 0.05) is 16.7 Å². The molecular weight excluding hydrogens is 270 g/mol. The van der Waals surface area contributed by atoms with Crippen LogP contribution in [0.2, 0.25) is 0 Å². The van der Waals surface area contributed by atoms with Crippen LogP contribution in [0, 0.1) is 0 Å². The second kappa shape index (κ2) is 9.40. The fourth-order valence-corrected chi connectivity index (χ4v) is 2.63. The summed E-state index contributed by atoms with van der Waals surface area (Å²) in [6.07, 6.45) is -0.246. The van der Waals surface area contributed by atoms with Gasteiger partial charge in [-0.1, -0.05) is 19.1 Å². The van der Waals surface area contributed by atoms with E-state index in [2.05, 4.69) is 43.4 Å². The Hall–Kier alpha value is -0.550. The molecule has 0 saturated carbocycles. The highest BCUT2D eigenvalue weighted by atomic mass is 32.2. The van der Waals surface area contributed by atoms with Gasteiger partial charge in [0.15, 0.2) is 0 Å². The van der Waals surface area contributed by atoms with Gasteiger partial charge in [-0.05, 0) is 45.0 Å². The average Bonchev–Trinajstić information content (AvgIpc) is 2.43. The van der Waals surface area contributed by atoms with Gasteiger partial charge in [-0.2, -0.15) is 0 Å². The van der Waals surface area contributed by atoms with Crippen molar-refractivity contribution in [1.29, 1.82) is 0 Å². The third kappa shape index (κ3) is 6.75. The molecule has 0 aliphatic rings. The number of thioether (sulfide) groups is 1. The van der Waals surface area contributed by atoms with E-state index in [0.29, 0.717) is 18.4 Å². The second-order valence-corrected chi connectivity index (χ2v) is 6.29. The van der Waals surface area contributed by atoms with Crippen LogP contribution in [0.5, 0.6) is 0 Å². The summed E-state index contributed by atoms with van der Waals surface area (Å²) in [6, 6.07) is 8.90. The first-order chi connectivity index (χ1) is 9.52. The van der Waals surface area contributed by atoms with E-state index in [1.165, 1.54) is 10.5 Å². The molecule has 0 radical (unpaired) electrons. The summed E-state index contributed by atoms with van der Waals surface area (Å²) in [6.45, 7) is 9.61. The molecule has 0 spiro atoms. The fraction of sp³-hybridized carbons (Fsp3) is 0.625. The van der Waals surface area contributed by atoms with E-state index in [0.717, 1.165) is 6.54 Å². The second-order valence-electron chi connectivity index (χ2n) is 5.20. The van der Waals surface area contributed by atoms with Crippen LogP contribution in [0.25, 0.3) is 0 Å². The van der Waals surface area contributed by atoms with Gasteiger partial charge in [0.1, 0.15) is 0 Å². The van der Waals surface area contributed by atoms with Gasteiger partial charge >= 0.3 is 0 Å². The Balaban J connectivity index is 2.37. The standard InChI is InChI=1S/C16H27NO2S/c1-5-17-13(4)14-6-8-16(9-7-14)20-11-15(18)10-19-12(2)3/h6-9,12-13,15,17-18H,5,10-11H2,1-4H3. The predicted octanol–water partition coefficient (Wildman–Crippen LogP) is 3.24. The number of ether oxygens (including phenoxy) is 1. The van der Waals surface area contributed by atoms with Crippen molar-refractivity contribution < 1.29 is 9.84 Å². The predicted molar refractivity (Wildman–Crippen MR) is 86.4 cm³/mol. The van der Waals surface area contributed by atoms with Crippen LogP contribution in [0.15, 0.2) is 29.2 Å². The molecule has 4 heteroatoms. The lowest BCUT2D eigenvalue weighted by Crippen LogP contribution is -2.20. The minimum atomic E-state index is -0.414. The molecule has 2 N–H and O–H groups in total. The van der Waals surface area contributed by atoms with Crippen LogP contribution < -0.4 is 5.32 Å². The molecule has 0 amide bonds. The van der Waals surface area contributed by atoms with Gasteiger partial charge < -0.3 is 15.2 Å². The topological polar surface area (TPSA) is 41.5 Å². The first kappa shape index (κ1) is 17.5. The van der Waals surface area contributed by atoms with E-state index < -0.39 is 6.10 Å². The zero-order valence-electron chi connectivity index (χ0n) is 12.9. The molecule has 1 aromatic rings. The Morgan fingerprint density at radius 3 is 2.40 bits per heavy atom. The van der Waals surface area contributed by atoms with Crippen molar-refractivity contribution in [3.8, 4) is 0 Å². The van der Waals surface area contributed by atoms with Gasteiger partial charge in [0.2, 0.25) is 0 Å². The van der Waals surface area contributed by atoms with Crippen LogP contribution in [0.3, 0.4) is 0 Å². The van der Waals surface area contributed by atoms with E-state index >= 15 is 0 Å². The molecule has 1 rings (SSSR count). The van der Waals surface area contributed by atoms with Crippen LogP contribution in [-0.4, -0.2) is 36.2 Å². The number of hydrogen-bond donors (Lipinski definition) is 2. The molecule has 3 nitrogen and oxygen atoms in total. The lowest BCUT2D eigenvalue weighted by atomic mass is 10.1.